The molecule has 0 amide bonds. The van der Waals surface area contributed by atoms with Gasteiger partial charge in [-0.25, -0.2) is 0 Å². The molecule has 1 aliphatic rings. The SMILES string of the molecule is ClC1CCCC(c2ccccc2)C1.FC(F)F. The summed E-state index contributed by atoms with van der Waals surface area (Å²) in [4.78, 5) is 0. The van der Waals surface area contributed by atoms with Crippen molar-refractivity contribution in [2.75, 3.05) is 0 Å². The van der Waals surface area contributed by atoms with E-state index in [0.717, 1.165) is 6.42 Å². The van der Waals surface area contributed by atoms with Crippen molar-refractivity contribution in [1.82, 2.24) is 0 Å². The Morgan fingerprint density at radius 3 is 2.18 bits per heavy atom. The Bertz CT molecular complexity index is 300. The molecule has 96 valence electrons. The van der Waals surface area contributed by atoms with Gasteiger partial charge in [0.1, 0.15) is 0 Å². The molecule has 2 unspecified atom stereocenters. The number of halogens is 4. The average Bonchev–Trinajstić information content (AvgIpc) is 2.29. The van der Waals surface area contributed by atoms with Gasteiger partial charge in [0.05, 0.1) is 0 Å². The molecule has 0 aromatic heterocycles. The van der Waals surface area contributed by atoms with E-state index in [1.165, 1.54) is 24.8 Å². The van der Waals surface area contributed by atoms with E-state index in [2.05, 4.69) is 30.3 Å². The predicted molar refractivity (Wildman–Crippen MR) is 64.4 cm³/mol. The maximum Gasteiger partial charge on any atom is 0.379 e. The van der Waals surface area contributed by atoms with E-state index >= 15 is 0 Å². The Morgan fingerprint density at radius 1 is 1.06 bits per heavy atom. The standard InChI is InChI=1S/C12H15Cl.CHF3/c13-12-8-4-7-11(9-12)10-5-2-1-3-6-10;2-1(3)4/h1-3,5-6,11-12H,4,7-9H2;1H. The summed E-state index contributed by atoms with van der Waals surface area (Å²) in [7, 11) is 0. The third-order valence-corrected chi connectivity index (χ3v) is 3.28. The highest BCUT2D eigenvalue weighted by Gasteiger charge is 2.20. The molecule has 0 radical (unpaired) electrons. The third-order valence-electron chi connectivity index (χ3n) is 2.88. The van der Waals surface area contributed by atoms with Crippen molar-refractivity contribution in [2.45, 2.75) is 43.7 Å². The Labute approximate surface area is 105 Å². The molecular weight excluding hydrogens is 249 g/mol. The number of alkyl halides is 4. The quantitative estimate of drug-likeness (QED) is 0.617. The van der Waals surface area contributed by atoms with Crippen LogP contribution in [0.25, 0.3) is 0 Å². The summed E-state index contributed by atoms with van der Waals surface area (Å²) in [5, 5.41) is 0.402. The highest BCUT2D eigenvalue weighted by Crippen LogP contribution is 2.34. The number of hydrogen-bond acceptors (Lipinski definition) is 0. The van der Waals surface area contributed by atoms with Crippen LogP contribution in [-0.2, 0) is 0 Å². The first kappa shape index (κ1) is 14.4. The molecule has 0 spiro atoms. The van der Waals surface area contributed by atoms with Gasteiger partial charge >= 0.3 is 6.68 Å². The molecule has 1 aromatic carbocycles. The minimum absolute atomic E-state index is 0.402. The molecule has 1 fully saturated rings. The molecule has 0 N–H and O–H groups in total. The lowest BCUT2D eigenvalue weighted by molar-refractivity contribution is 0.00819. The molecule has 0 heterocycles. The minimum Gasteiger partial charge on any atom is -0.174 e. The van der Waals surface area contributed by atoms with Gasteiger partial charge in [0, 0.05) is 5.38 Å². The van der Waals surface area contributed by atoms with Gasteiger partial charge in [-0.2, -0.15) is 13.2 Å². The summed E-state index contributed by atoms with van der Waals surface area (Å²) in [6.07, 6.45) is 4.96. The Kier molecular flexibility index (Phi) is 6.41. The highest BCUT2D eigenvalue weighted by molar-refractivity contribution is 6.20. The first-order valence-electron chi connectivity index (χ1n) is 5.71. The maximum absolute atomic E-state index is 9.67. The molecule has 0 bridgehead atoms. The molecule has 17 heavy (non-hydrogen) atoms. The second kappa shape index (κ2) is 7.59. The van der Waals surface area contributed by atoms with E-state index < -0.39 is 6.68 Å². The highest BCUT2D eigenvalue weighted by atomic mass is 35.5. The smallest absolute Gasteiger partial charge is 0.174 e. The van der Waals surface area contributed by atoms with Crippen LogP contribution in [0.15, 0.2) is 30.3 Å². The molecule has 2 atom stereocenters. The Hall–Kier alpha value is -0.700. The number of benzene rings is 1. The summed E-state index contributed by atoms with van der Waals surface area (Å²) < 4.78 is 29.0. The van der Waals surface area contributed by atoms with Gasteiger partial charge in [0.15, 0.2) is 0 Å². The van der Waals surface area contributed by atoms with E-state index in [1.54, 1.807) is 0 Å². The fraction of sp³-hybridized carbons (Fsp3) is 0.538. The van der Waals surface area contributed by atoms with Gasteiger partial charge in [0.2, 0.25) is 0 Å². The fourth-order valence-electron chi connectivity index (χ4n) is 2.16. The summed E-state index contributed by atoms with van der Waals surface area (Å²) in [5.41, 5.74) is 1.47. The molecule has 0 saturated heterocycles. The van der Waals surface area contributed by atoms with Crippen LogP contribution in [0.1, 0.15) is 37.2 Å². The first-order chi connectivity index (χ1) is 8.09. The first-order valence-corrected chi connectivity index (χ1v) is 6.14. The van der Waals surface area contributed by atoms with Gasteiger partial charge in [-0.1, -0.05) is 36.8 Å². The van der Waals surface area contributed by atoms with Crippen LogP contribution in [0, 0.1) is 0 Å². The summed E-state index contributed by atoms with van der Waals surface area (Å²) in [6, 6.07) is 10.8. The van der Waals surface area contributed by atoms with Crippen LogP contribution in [0.3, 0.4) is 0 Å². The zero-order chi connectivity index (χ0) is 12.7. The molecular formula is C13H16ClF3. The number of hydrogen-bond donors (Lipinski definition) is 0. The molecule has 0 nitrogen and oxygen atoms in total. The van der Waals surface area contributed by atoms with Crippen molar-refractivity contribution in [2.24, 2.45) is 0 Å². The van der Waals surface area contributed by atoms with Crippen molar-refractivity contribution >= 4 is 11.6 Å². The van der Waals surface area contributed by atoms with Crippen LogP contribution in [-0.4, -0.2) is 12.1 Å². The largest absolute Gasteiger partial charge is 0.379 e. The van der Waals surface area contributed by atoms with Crippen molar-refractivity contribution < 1.29 is 13.2 Å². The van der Waals surface area contributed by atoms with E-state index in [-0.39, 0.29) is 0 Å². The van der Waals surface area contributed by atoms with Crippen LogP contribution in [0.2, 0.25) is 0 Å². The van der Waals surface area contributed by atoms with Gasteiger partial charge in [-0.15, -0.1) is 11.6 Å². The lowest BCUT2D eigenvalue weighted by Crippen LogP contribution is -2.13. The molecule has 4 heteroatoms. The van der Waals surface area contributed by atoms with Crippen molar-refractivity contribution in [3.63, 3.8) is 0 Å². The molecule has 1 aromatic rings. The Balaban J connectivity index is 0.000000317. The monoisotopic (exact) mass is 264 g/mol. The molecule has 0 aliphatic heterocycles. The molecule has 2 rings (SSSR count). The van der Waals surface area contributed by atoms with Crippen LogP contribution < -0.4 is 0 Å². The van der Waals surface area contributed by atoms with Crippen molar-refractivity contribution in [1.29, 1.82) is 0 Å². The van der Waals surface area contributed by atoms with E-state index in [9.17, 15) is 13.2 Å². The van der Waals surface area contributed by atoms with Crippen molar-refractivity contribution in [3.05, 3.63) is 35.9 Å². The fourth-order valence-corrected chi connectivity index (χ4v) is 2.53. The van der Waals surface area contributed by atoms with Crippen LogP contribution in [0.4, 0.5) is 13.2 Å². The second-order valence-electron chi connectivity index (χ2n) is 4.12. The topological polar surface area (TPSA) is 0 Å². The second-order valence-corrected chi connectivity index (χ2v) is 4.74. The van der Waals surface area contributed by atoms with Crippen LogP contribution in [0.5, 0.6) is 0 Å². The average molecular weight is 265 g/mol. The van der Waals surface area contributed by atoms with E-state index in [1.807, 2.05) is 0 Å². The van der Waals surface area contributed by atoms with Gasteiger partial charge < -0.3 is 0 Å². The maximum atomic E-state index is 9.67. The van der Waals surface area contributed by atoms with E-state index in [0.29, 0.717) is 11.3 Å². The molecule has 1 aliphatic carbocycles. The van der Waals surface area contributed by atoms with Gasteiger partial charge in [-0.05, 0) is 30.7 Å². The molecule has 1 saturated carbocycles. The third kappa shape index (κ3) is 5.97. The number of rotatable bonds is 1. The normalized spacial score (nSPS) is 24.1. The van der Waals surface area contributed by atoms with E-state index in [4.69, 9.17) is 11.6 Å². The summed E-state index contributed by atoms with van der Waals surface area (Å²) in [5.74, 6) is 0.706. The zero-order valence-corrected chi connectivity index (χ0v) is 10.2. The van der Waals surface area contributed by atoms with Gasteiger partial charge in [-0.3, -0.25) is 0 Å². The zero-order valence-electron chi connectivity index (χ0n) is 9.46. The Morgan fingerprint density at radius 2 is 1.65 bits per heavy atom. The lowest BCUT2D eigenvalue weighted by atomic mass is 9.84. The van der Waals surface area contributed by atoms with Crippen LogP contribution >= 0.6 is 11.6 Å². The lowest BCUT2D eigenvalue weighted by Gasteiger charge is -2.25. The van der Waals surface area contributed by atoms with Gasteiger partial charge in [0.25, 0.3) is 0 Å². The summed E-state index contributed by atoms with van der Waals surface area (Å²) >= 11 is 6.16. The van der Waals surface area contributed by atoms with Crippen molar-refractivity contribution in [3.8, 4) is 0 Å². The minimum atomic E-state index is -3.67. The summed E-state index contributed by atoms with van der Waals surface area (Å²) in [6.45, 7) is -3.67. The predicted octanol–water partition coefficient (Wildman–Crippen LogP) is 5.13.